The number of benzene rings is 2. The van der Waals surface area contributed by atoms with E-state index in [1.807, 2.05) is 12.1 Å². The number of piperidine rings is 1. The first-order chi connectivity index (χ1) is 11.8. The van der Waals surface area contributed by atoms with Gasteiger partial charge in [0.2, 0.25) is 0 Å². The van der Waals surface area contributed by atoms with Crippen LogP contribution in [0.5, 0.6) is 0 Å². The van der Waals surface area contributed by atoms with Crippen LogP contribution in [0.4, 0.5) is 10.1 Å². The Kier molecular flexibility index (Phi) is 4.40. The molecule has 1 saturated heterocycles. The fraction of sp³-hybridized carbons (Fsp3) is 0.333. The van der Waals surface area contributed by atoms with E-state index in [2.05, 4.69) is 31.1 Å². The first-order valence-corrected chi connectivity index (χ1v) is 8.95. The minimum atomic E-state index is -0.196. The Morgan fingerprint density at radius 2 is 2.08 bits per heavy atom. The molecule has 1 aliphatic rings. The summed E-state index contributed by atoms with van der Waals surface area (Å²) in [6.07, 6.45) is 2.26. The van der Waals surface area contributed by atoms with E-state index in [0.717, 1.165) is 49.2 Å². The molecule has 2 heterocycles. The molecule has 1 aliphatic heterocycles. The van der Waals surface area contributed by atoms with Crippen molar-refractivity contribution < 1.29 is 4.39 Å². The van der Waals surface area contributed by atoms with Gasteiger partial charge >= 0.3 is 0 Å². The molecule has 6 heteroatoms. The van der Waals surface area contributed by atoms with Crippen molar-refractivity contribution in [3.05, 3.63) is 53.8 Å². The minimum Gasteiger partial charge on any atom is -0.381 e. The summed E-state index contributed by atoms with van der Waals surface area (Å²) in [5.41, 5.74) is 4.07. The number of nitrogens with zero attached hydrogens (tertiary/aromatic N) is 3. The van der Waals surface area contributed by atoms with Gasteiger partial charge in [0.1, 0.15) is 16.9 Å². The zero-order valence-corrected chi connectivity index (χ0v) is 14.1. The normalized spacial score (nSPS) is 18.8. The number of anilines is 1. The van der Waals surface area contributed by atoms with Gasteiger partial charge in [-0.1, -0.05) is 12.1 Å². The van der Waals surface area contributed by atoms with E-state index in [1.165, 1.54) is 23.4 Å². The highest BCUT2D eigenvalue weighted by molar-refractivity contribution is 7.00. The lowest BCUT2D eigenvalue weighted by atomic mass is 10.0. The highest BCUT2D eigenvalue weighted by Gasteiger charge is 2.20. The van der Waals surface area contributed by atoms with E-state index >= 15 is 0 Å². The van der Waals surface area contributed by atoms with Gasteiger partial charge in [0.05, 0.1) is 11.7 Å². The highest BCUT2D eigenvalue weighted by atomic mass is 32.1. The topological polar surface area (TPSA) is 41.0 Å². The van der Waals surface area contributed by atoms with Gasteiger partial charge < -0.3 is 5.32 Å². The second kappa shape index (κ2) is 6.83. The number of hydrogen-bond acceptors (Lipinski definition) is 5. The molecule has 0 spiro atoms. The van der Waals surface area contributed by atoms with Crippen LogP contribution in [0.1, 0.15) is 18.4 Å². The van der Waals surface area contributed by atoms with Crippen LogP contribution in [-0.4, -0.2) is 32.8 Å². The van der Waals surface area contributed by atoms with Crippen molar-refractivity contribution in [1.82, 2.24) is 13.6 Å². The van der Waals surface area contributed by atoms with E-state index in [9.17, 15) is 4.39 Å². The second-order valence-corrected chi connectivity index (χ2v) is 6.84. The molecule has 0 radical (unpaired) electrons. The Bertz CT molecular complexity index is 835. The molecule has 0 amide bonds. The molecule has 4 rings (SSSR count). The SMILES string of the molecule is Fc1cccc(N[C@@H]2CCCN(Cc3ccc4nsnc4c3)C2)c1. The largest absolute Gasteiger partial charge is 0.381 e. The number of likely N-dealkylation sites (tertiary alicyclic amines) is 1. The summed E-state index contributed by atoms with van der Waals surface area (Å²) in [5, 5.41) is 3.46. The number of hydrogen-bond donors (Lipinski definition) is 1. The number of rotatable bonds is 4. The van der Waals surface area contributed by atoms with Crippen LogP contribution < -0.4 is 5.32 Å². The molecule has 1 atom stereocenters. The average Bonchev–Trinajstić information content (AvgIpc) is 3.03. The third-order valence-electron chi connectivity index (χ3n) is 4.43. The van der Waals surface area contributed by atoms with Crippen LogP contribution in [0.2, 0.25) is 0 Å². The van der Waals surface area contributed by atoms with Gasteiger partial charge in [-0.05, 0) is 55.3 Å². The molecule has 1 fully saturated rings. The predicted octanol–water partition coefficient (Wildman–Crippen LogP) is 3.91. The van der Waals surface area contributed by atoms with Crippen LogP contribution in [-0.2, 0) is 6.54 Å². The molecule has 3 aromatic rings. The lowest BCUT2D eigenvalue weighted by Crippen LogP contribution is -2.41. The van der Waals surface area contributed by atoms with Crippen molar-refractivity contribution in [2.75, 3.05) is 18.4 Å². The number of nitrogens with one attached hydrogen (secondary N) is 1. The van der Waals surface area contributed by atoms with Crippen molar-refractivity contribution in [3.63, 3.8) is 0 Å². The third-order valence-corrected chi connectivity index (χ3v) is 4.98. The van der Waals surface area contributed by atoms with E-state index in [-0.39, 0.29) is 5.82 Å². The number of halogens is 1. The molecule has 2 aromatic carbocycles. The lowest BCUT2D eigenvalue weighted by Gasteiger charge is -2.33. The Hall–Kier alpha value is -2.05. The fourth-order valence-electron chi connectivity index (χ4n) is 3.32. The van der Waals surface area contributed by atoms with Gasteiger partial charge in [-0.2, -0.15) is 8.75 Å². The summed E-state index contributed by atoms with van der Waals surface area (Å²) >= 11 is 1.26. The van der Waals surface area contributed by atoms with Crippen LogP contribution in [0, 0.1) is 5.82 Å². The maximum atomic E-state index is 13.3. The van der Waals surface area contributed by atoms with Crippen molar-refractivity contribution >= 4 is 28.4 Å². The molecular formula is C18H19FN4S. The van der Waals surface area contributed by atoms with Gasteiger partial charge in [0.15, 0.2) is 0 Å². The second-order valence-electron chi connectivity index (χ2n) is 6.32. The first kappa shape index (κ1) is 15.5. The van der Waals surface area contributed by atoms with Gasteiger partial charge in [0, 0.05) is 24.8 Å². The molecule has 0 bridgehead atoms. The standard InChI is InChI=1S/C18H19FN4S/c19-14-3-1-4-15(10-14)20-16-5-2-8-23(12-16)11-13-6-7-17-18(9-13)22-24-21-17/h1,3-4,6-7,9-10,16,20H,2,5,8,11-12H2/t16-/m1/s1. The smallest absolute Gasteiger partial charge is 0.125 e. The first-order valence-electron chi connectivity index (χ1n) is 8.22. The minimum absolute atomic E-state index is 0.196. The van der Waals surface area contributed by atoms with Crippen molar-refractivity contribution in [1.29, 1.82) is 0 Å². The van der Waals surface area contributed by atoms with E-state index in [4.69, 9.17) is 0 Å². The summed E-state index contributed by atoms with van der Waals surface area (Å²) in [6.45, 7) is 2.97. The van der Waals surface area contributed by atoms with Gasteiger partial charge in [-0.15, -0.1) is 0 Å². The Morgan fingerprint density at radius 3 is 3.00 bits per heavy atom. The zero-order valence-electron chi connectivity index (χ0n) is 13.3. The van der Waals surface area contributed by atoms with Crippen LogP contribution in [0.3, 0.4) is 0 Å². The van der Waals surface area contributed by atoms with Crippen molar-refractivity contribution in [2.24, 2.45) is 0 Å². The zero-order chi connectivity index (χ0) is 16.4. The maximum absolute atomic E-state index is 13.3. The van der Waals surface area contributed by atoms with Crippen LogP contribution in [0.15, 0.2) is 42.5 Å². The van der Waals surface area contributed by atoms with Crippen molar-refractivity contribution in [3.8, 4) is 0 Å². The van der Waals surface area contributed by atoms with Crippen molar-refractivity contribution in [2.45, 2.75) is 25.4 Å². The quantitative estimate of drug-likeness (QED) is 0.780. The Balaban J connectivity index is 1.40. The highest BCUT2D eigenvalue weighted by Crippen LogP contribution is 2.20. The summed E-state index contributed by atoms with van der Waals surface area (Å²) in [7, 11) is 0. The fourth-order valence-corrected chi connectivity index (χ4v) is 3.83. The molecule has 0 aliphatic carbocycles. The van der Waals surface area contributed by atoms with E-state index in [0.29, 0.717) is 6.04 Å². The number of fused-ring (bicyclic) bond motifs is 1. The summed E-state index contributed by atoms with van der Waals surface area (Å²) in [5.74, 6) is -0.196. The van der Waals surface area contributed by atoms with Gasteiger partial charge in [-0.3, -0.25) is 4.90 Å². The molecule has 1 aromatic heterocycles. The average molecular weight is 342 g/mol. The van der Waals surface area contributed by atoms with Crippen LogP contribution in [0.25, 0.3) is 11.0 Å². The molecule has 0 saturated carbocycles. The van der Waals surface area contributed by atoms with Gasteiger partial charge in [0.25, 0.3) is 0 Å². The molecule has 4 nitrogen and oxygen atoms in total. The molecule has 24 heavy (non-hydrogen) atoms. The van der Waals surface area contributed by atoms with Crippen LogP contribution >= 0.6 is 11.7 Å². The van der Waals surface area contributed by atoms with E-state index in [1.54, 1.807) is 12.1 Å². The van der Waals surface area contributed by atoms with E-state index < -0.39 is 0 Å². The monoisotopic (exact) mass is 342 g/mol. The molecule has 124 valence electrons. The Morgan fingerprint density at radius 1 is 1.17 bits per heavy atom. The lowest BCUT2D eigenvalue weighted by molar-refractivity contribution is 0.208. The summed E-state index contributed by atoms with van der Waals surface area (Å²) in [6, 6.07) is 13.4. The molecule has 0 unspecified atom stereocenters. The molecule has 1 N–H and O–H groups in total. The Labute approximate surface area is 144 Å². The predicted molar refractivity (Wildman–Crippen MR) is 95.7 cm³/mol. The van der Waals surface area contributed by atoms with Gasteiger partial charge in [-0.25, -0.2) is 4.39 Å². The number of aromatic nitrogens is 2. The summed E-state index contributed by atoms with van der Waals surface area (Å²) < 4.78 is 21.9. The maximum Gasteiger partial charge on any atom is 0.125 e. The third kappa shape index (κ3) is 3.55. The summed E-state index contributed by atoms with van der Waals surface area (Å²) in [4.78, 5) is 2.45. The molecular weight excluding hydrogens is 323 g/mol.